The van der Waals surface area contributed by atoms with Crippen molar-refractivity contribution in [1.29, 1.82) is 0 Å². The van der Waals surface area contributed by atoms with E-state index in [0.29, 0.717) is 29.1 Å². The van der Waals surface area contributed by atoms with Crippen LogP contribution >= 0.6 is 22.6 Å². The molecule has 0 N–H and O–H groups in total. The van der Waals surface area contributed by atoms with Crippen LogP contribution in [0.25, 0.3) is 0 Å². The molecule has 6 fully saturated rings. The number of alkyl halides is 1. The van der Waals surface area contributed by atoms with E-state index in [2.05, 4.69) is 36.4 Å². The number of ether oxygens (including phenoxy) is 2. The molecule has 0 amide bonds. The van der Waals surface area contributed by atoms with E-state index in [1.807, 2.05) is 0 Å². The first-order chi connectivity index (χ1) is 10.5. The van der Waals surface area contributed by atoms with Gasteiger partial charge in [-0.15, -0.1) is 0 Å². The topological polar surface area (TPSA) is 25.1 Å². The first kappa shape index (κ1) is 13.9. The number of rotatable bonds is 0. The fourth-order valence-corrected chi connectivity index (χ4v) is 9.03. The van der Waals surface area contributed by atoms with Crippen LogP contribution in [0.1, 0.15) is 58.8 Å². The molecular weight excluding hydrogens is 387 g/mol. The largest absolute Gasteiger partial charge is 0.370 e. The lowest BCUT2D eigenvalue weighted by molar-refractivity contribution is -0.115. The first-order valence-electron chi connectivity index (χ1n) is 9.48. The molecular formula is C19H27IO2. The molecule has 10 atom stereocenters. The average molecular weight is 414 g/mol. The maximum Gasteiger partial charge on any atom is 0.151 e. The van der Waals surface area contributed by atoms with E-state index in [-0.39, 0.29) is 3.61 Å². The molecule has 6 aliphatic rings. The molecule has 0 radical (unpaired) electrons. The molecule has 2 heterocycles. The summed E-state index contributed by atoms with van der Waals surface area (Å²) >= 11 is 2.66. The summed E-state index contributed by atoms with van der Waals surface area (Å²) in [7, 11) is 0. The smallest absolute Gasteiger partial charge is 0.151 e. The maximum absolute atomic E-state index is 6.11. The lowest BCUT2D eigenvalue weighted by Gasteiger charge is -2.60. The van der Waals surface area contributed by atoms with Crippen molar-refractivity contribution >= 4 is 22.6 Å². The van der Waals surface area contributed by atoms with E-state index in [9.17, 15) is 0 Å². The number of hydrogen-bond donors (Lipinski definition) is 0. The van der Waals surface area contributed by atoms with Crippen molar-refractivity contribution in [2.45, 2.75) is 80.7 Å². The molecule has 5 unspecified atom stereocenters. The zero-order valence-corrected chi connectivity index (χ0v) is 15.8. The highest BCUT2D eigenvalue weighted by atomic mass is 127. The molecule has 2 saturated heterocycles. The Kier molecular flexibility index (Phi) is 2.46. The summed E-state index contributed by atoms with van der Waals surface area (Å²) in [5.41, 5.74) is 1.03. The summed E-state index contributed by atoms with van der Waals surface area (Å²) in [5, 5.41) is 0. The van der Waals surface area contributed by atoms with Crippen molar-refractivity contribution in [3.63, 3.8) is 0 Å². The third kappa shape index (κ3) is 1.43. The Balaban J connectivity index is 1.36. The lowest BCUT2D eigenvalue weighted by Crippen LogP contribution is -2.54. The van der Waals surface area contributed by atoms with Crippen molar-refractivity contribution in [2.75, 3.05) is 0 Å². The fourth-order valence-electron chi connectivity index (χ4n) is 7.80. The third-order valence-electron chi connectivity index (χ3n) is 9.22. The van der Waals surface area contributed by atoms with Crippen molar-refractivity contribution in [2.24, 2.45) is 34.5 Å². The molecule has 22 heavy (non-hydrogen) atoms. The Labute approximate surface area is 147 Å². The summed E-state index contributed by atoms with van der Waals surface area (Å²) < 4.78 is 12.3. The monoisotopic (exact) mass is 414 g/mol. The Hall–Kier alpha value is 0.650. The molecule has 3 heteroatoms. The average Bonchev–Trinajstić information content (AvgIpc) is 3.34. The number of hydrogen-bond acceptors (Lipinski definition) is 2. The van der Waals surface area contributed by atoms with Crippen LogP contribution in [0.4, 0.5) is 0 Å². The van der Waals surface area contributed by atoms with Gasteiger partial charge in [0.05, 0.1) is 18.3 Å². The van der Waals surface area contributed by atoms with E-state index in [0.717, 1.165) is 23.7 Å². The van der Waals surface area contributed by atoms with Crippen molar-refractivity contribution in [3.05, 3.63) is 0 Å². The van der Waals surface area contributed by atoms with Crippen LogP contribution in [0.3, 0.4) is 0 Å². The second-order valence-electron chi connectivity index (χ2n) is 9.75. The highest BCUT2D eigenvalue weighted by Crippen LogP contribution is 2.76. The zero-order valence-electron chi connectivity index (χ0n) is 13.7. The maximum atomic E-state index is 6.11. The van der Waals surface area contributed by atoms with Crippen LogP contribution in [0, 0.1) is 34.5 Å². The van der Waals surface area contributed by atoms with Gasteiger partial charge in [-0.05, 0) is 96.6 Å². The molecule has 4 aliphatic carbocycles. The highest BCUT2D eigenvalue weighted by Gasteiger charge is 2.76. The molecule has 0 aromatic carbocycles. The van der Waals surface area contributed by atoms with Gasteiger partial charge in [0, 0.05) is 5.41 Å². The predicted molar refractivity (Wildman–Crippen MR) is 92.8 cm³/mol. The summed E-state index contributed by atoms with van der Waals surface area (Å²) in [4.78, 5) is 0. The summed E-state index contributed by atoms with van der Waals surface area (Å²) in [6.07, 6.45) is 11.7. The first-order valence-corrected chi connectivity index (χ1v) is 10.6. The molecule has 0 spiro atoms. The predicted octanol–water partition coefficient (Wildman–Crippen LogP) is 4.55. The Morgan fingerprint density at radius 3 is 2.73 bits per heavy atom. The van der Waals surface area contributed by atoms with Crippen molar-refractivity contribution in [1.82, 2.24) is 0 Å². The second-order valence-corrected chi connectivity index (χ2v) is 11.4. The zero-order chi connectivity index (χ0) is 14.9. The fraction of sp³-hybridized carbons (Fsp3) is 1.00. The molecule has 0 aromatic heterocycles. The van der Waals surface area contributed by atoms with Crippen LogP contribution in [-0.2, 0) is 9.47 Å². The van der Waals surface area contributed by atoms with Gasteiger partial charge in [0.2, 0.25) is 0 Å². The standard InChI is InChI=1S/C19H27IO2/c1-17-9-15-14(21-15)7-10(17)3-4-11-12(17)5-6-18(2)13(11)8-16-19(18,20)22-16/h10-16H,3-9H2,1-2H3/t10?,11-,12-,13+,14?,15?,16?,17+,18+,19?/m1/s1. The van der Waals surface area contributed by atoms with Gasteiger partial charge in [-0.3, -0.25) is 0 Å². The molecule has 0 aromatic rings. The quantitative estimate of drug-likeness (QED) is 0.330. The van der Waals surface area contributed by atoms with Gasteiger partial charge in [0.1, 0.15) is 0 Å². The Morgan fingerprint density at radius 2 is 1.86 bits per heavy atom. The van der Waals surface area contributed by atoms with Gasteiger partial charge >= 0.3 is 0 Å². The molecule has 6 rings (SSSR count). The number of epoxide rings is 2. The molecule has 4 saturated carbocycles. The van der Waals surface area contributed by atoms with Gasteiger partial charge in [-0.25, -0.2) is 0 Å². The lowest BCUT2D eigenvalue weighted by atomic mass is 9.45. The van der Waals surface area contributed by atoms with Crippen molar-refractivity contribution < 1.29 is 9.47 Å². The van der Waals surface area contributed by atoms with Crippen LogP contribution in [0.5, 0.6) is 0 Å². The van der Waals surface area contributed by atoms with E-state index in [1.54, 1.807) is 0 Å². The highest BCUT2D eigenvalue weighted by molar-refractivity contribution is 14.1. The van der Waals surface area contributed by atoms with Gasteiger partial charge in [0.25, 0.3) is 0 Å². The van der Waals surface area contributed by atoms with Crippen LogP contribution < -0.4 is 0 Å². The van der Waals surface area contributed by atoms with Crippen LogP contribution in [0.15, 0.2) is 0 Å². The van der Waals surface area contributed by atoms with Crippen molar-refractivity contribution in [3.8, 4) is 0 Å². The molecule has 2 nitrogen and oxygen atoms in total. The minimum absolute atomic E-state index is 0.204. The summed E-state index contributed by atoms with van der Waals surface area (Å²) in [5.74, 6) is 3.81. The minimum Gasteiger partial charge on any atom is -0.370 e. The van der Waals surface area contributed by atoms with E-state index in [1.165, 1.54) is 44.9 Å². The Morgan fingerprint density at radius 1 is 1.00 bits per heavy atom. The SMILES string of the molecule is C[C@]12CC3OC3CC1CC[C@@H]1[C@H]2CC[C@@]2(C)[C@H]1CC1OC12I. The van der Waals surface area contributed by atoms with Gasteiger partial charge < -0.3 is 9.47 Å². The summed E-state index contributed by atoms with van der Waals surface area (Å²) in [6, 6.07) is 0. The van der Waals surface area contributed by atoms with E-state index in [4.69, 9.17) is 9.47 Å². The van der Waals surface area contributed by atoms with Crippen LogP contribution in [-0.4, -0.2) is 21.9 Å². The Bertz CT molecular complexity index is 552. The van der Waals surface area contributed by atoms with Gasteiger partial charge in [-0.1, -0.05) is 13.8 Å². The third-order valence-corrected chi connectivity index (χ3v) is 11.4. The van der Waals surface area contributed by atoms with Crippen LogP contribution in [0.2, 0.25) is 0 Å². The van der Waals surface area contributed by atoms with Gasteiger partial charge in [-0.2, -0.15) is 0 Å². The summed E-state index contributed by atoms with van der Waals surface area (Å²) in [6.45, 7) is 5.20. The molecule has 2 aliphatic heterocycles. The van der Waals surface area contributed by atoms with E-state index >= 15 is 0 Å². The number of fused-ring (bicyclic) bond motifs is 8. The van der Waals surface area contributed by atoms with E-state index < -0.39 is 0 Å². The molecule has 0 bridgehead atoms. The van der Waals surface area contributed by atoms with Gasteiger partial charge in [0.15, 0.2) is 3.61 Å². The minimum atomic E-state index is 0.204. The molecule has 122 valence electrons. The normalized spacial score (nSPS) is 70.8. The second kappa shape index (κ2) is 3.90. The number of halogens is 1.